The van der Waals surface area contributed by atoms with E-state index in [0.29, 0.717) is 6.42 Å². The molecule has 0 aliphatic carbocycles. The Morgan fingerprint density at radius 3 is 2.95 bits per heavy atom. The fraction of sp³-hybridized carbons (Fsp3) is 0.412. The molecule has 21 heavy (non-hydrogen) atoms. The Labute approximate surface area is 124 Å². The highest BCUT2D eigenvalue weighted by Crippen LogP contribution is 2.27. The van der Waals surface area contributed by atoms with Gasteiger partial charge in [0.1, 0.15) is 5.75 Å². The van der Waals surface area contributed by atoms with Gasteiger partial charge in [0.2, 0.25) is 0 Å². The van der Waals surface area contributed by atoms with E-state index < -0.39 is 6.10 Å². The first-order valence-electron chi connectivity index (χ1n) is 7.37. The molecule has 1 N–H and O–H groups in total. The normalized spacial score (nSPS) is 14.6. The van der Waals surface area contributed by atoms with Crippen molar-refractivity contribution < 1.29 is 9.84 Å². The monoisotopic (exact) mass is 284 g/mol. The fourth-order valence-electron chi connectivity index (χ4n) is 2.76. The Hall–Kier alpha value is -1.94. The largest absolute Gasteiger partial charge is 0.493 e. The van der Waals surface area contributed by atoms with Crippen LogP contribution in [0, 0.1) is 13.8 Å². The van der Waals surface area contributed by atoms with Gasteiger partial charge in [-0.1, -0.05) is 12.1 Å². The van der Waals surface area contributed by atoms with Gasteiger partial charge in [0.05, 0.1) is 24.1 Å². The summed E-state index contributed by atoms with van der Waals surface area (Å²) >= 11 is 0. The molecule has 110 valence electrons. The van der Waals surface area contributed by atoms with E-state index in [9.17, 15) is 5.11 Å². The summed E-state index contributed by atoms with van der Waals surface area (Å²) in [5.41, 5.74) is 5.04. The zero-order chi connectivity index (χ0) is 14.8. The third-order valence-electron chi connectivity index (χ3n) is 3.96. The Kier molecular flexibility index (Phi) is 3.88. The SMILES string of the molecule is Cc1cc(C(O)CCc2ccc3c(c2)CCO3)c(C)nn1. The molecule has 1 aliphatic rings. The quantitative estimate of drug-likeness (QED) is 0.938. The second-order valence-corrected chi connectivity index (χ2v) is 5.62. The Balaban J connectivity index is 1.68. The number of aromatic nitrogens is 2. The molecule has 0 amide bonds. The maximum Gasteiger partial charge on any atom is 0.122 e. The summed E-state index contributed by atoms with van der Waals surface area (Å²) in [7, 11) is 0. The number of rotatable bonds is 4. The van der Waals surface area contributed by atoms with Gasteiger partial charge >= 0.3 is 0 Å². The summed E-state index contributed by atoms with van der Waals surface area (Å²) in [5.74, 6) is 1.00. The first kappa shape index (κ1) is 14.0. The lowest BCUT2D eigenvalue weighted by atomic mass is 9.99. The number of benzene rings is 1. The lowest BCUT2D eigenvalue weighted by molar-refractivity contribution is 0.166. The molecule has 2 heterocycles. The lowest BCUT2D eigenvalue weighted by Gasteiger charge is -2.13. The van der Waals surface area contributed by atoms with Crippen LogP contribution >= 0.6 is 0 Å². The topological polar surface area (TPSA) is 55.2 Å². The number of aliphatic hydroxyl groups excluding tert-OH is 1. The first-order valence-corrected chi connectivity index (χ1v) is 7.37. The molecular formula is C17H20N2O2. The summed E-state index contributed by atoms with van der Waals surface area (Å²) in [6.07, 6.45) is 2.02. The molecule has 4 heteroatoms. The van der Waals surface area contributed by atoms with Gasteiger partial charge in [-0.2, -0.15) is 10.2 Å². The summed E-state index contributed by atoms with van der Waals surface area (Å²) in [4.78, 5) is 0. The maximum atomic E-state index is 10.4. The predicted octanol–water partition coefficient (Wildman–Crippen LogP) is 2.69. The van der Waals surface area contributed by atoms with Crippen molar-refractivity contribution in [3.63, 3.8) is 0 Å². The van der Waals surface area contributed by atoms with Gasteiger partial charge in [0.15, 0.2) is 0 Å². The minimum absolute atomic E-state index is 0.497. The minimum Gasteiger partial charge on any atom is -0.493 e. The molecule has 0 spiro atoms. The van der Waals surface area contributed by atoms with Crippen LogP contribution in [0.3, 0.4) is 0 Å². The number of aryl methyl sites for hydroxylation is 3. The van der Waals surface area contributed by atoms with E-state index in [2.05, 4.69) is 22.3 Å². The number of hydrogen-bond donors (Lipinski definition) is 1. The van der Waals surface area contributed by atoms with Crippen LogP contribution in [-0.4, -0.2) is 21.9 Å². The average molecular weight is 284 g/mol. The molecule has 0 saturated heterocycles. The third kappa shape index (κ3) is 3.05. The molecule has 4 nitrogen and oxygen atoms in total. The standard InChI is InChI=1S/C17H20N2O2/c1-11-9-15(12(2)19-18-11)16(20)5-3-13-4-6-17-14(10-13)7-8-21-17/h4,6,9-10,16,20H,3,5,7-8H2,1-2H3. The summed E-state index contributed by atoms with van der Waals surface area (Å²) in [6.45, 7) is 4.56. The van der Waals surface area contributed by atoms with Crippen molar-refractivity contribution in [2.45, 2.75) is 39.2 Å². The van der Waals surface area contributed by atoms with Crippen molar-refractivity contribution in [3.8, 4) is 5.75 Å². The van der Waals surface area contributed by atoms with E-state index in [1.165, 1.54) is 11.1 Å². The van der Waals surface area contributed by atoms with Gasteiger partial charge in [-0.15, -0.1) is 0 Å². The number of aliphatic hydroxyl groups is 1. The van der Waals surface area contributed by atoms with Crippen LogP contribution < -0.4 is 4.74 Å². The van der Waals surface area contributed by atoms with Crippen LogP contribution in [0.15, 0.2) is 24.3 Å². The maximum absolute atomic E-state index is 10.4. The van der Waals surface area contributed by atoms with Gasteiger partial charge in [-0.3, -0.25) is 0 Å². The summed E-state index contributed by atoms with van der Waals surface area (Å²) in [6, 6.07) is 8.23. The molecule has 0 radical (unpaired) electrons. The van der Waals surface area contributed by atoms with E-state index in [4.69, 9.17) is 4.74 Å². The molecule has 1 aromatic heterocycles. The van der Waals surface area contributed by atoms with Crippen molar-refractivity contribution in [3.05, 3.63) is 52.3 Å². The third-order valence-corrected chi connectivity index (χ3v) is 3.96. The minimum atomic E-state index is -0.497. The van der Waals surface area contributed by atoms with Gasteiger partial charge in [-0.05, 0) is 49.9 Å². The molecule has 3 rings (SSSR count). The Morgan fingerprint density at radius 1 is 1.24 bits per heavy atom. The van der Waals surface area contributed by atoms with Gasteiger partial charge in [-0.25, -0.2) is 0 Å². The Morgan fingerprint density at radius 2 is 2.10 bits per heavy atom. The number of hydrogen-bond acceptors (Lipinski definition) is 4. The molecule has 0 fully saturated rings. The van der Waals surface area contributed by atoms with Crippen molar-refractivity contribution in [1.82, 2.24) is 10.2 Å². The first-order chi connectivity index (χ1) is 10.1. The Bertz CT molecular complexity index is 655. The fourth-order valence-corrected chi connectivity index (χ4v) is 2.76. The highest BCUT2D eigenvalue weighted by Gasteiger charge is 2.15. The molecule has 1 aromatic carbocycles. The van der Waals surface area contributed by atoms with Gasteiger partial charge < -0.3 is 9.84 Å². The van der Waals surface area contributed by atoms with E-state index in [1.54, 1.807) is 0 Å². The molecular weight excluding hydrogens is 264 g/mol. The van der Waals surface area contributed by atoms with Gasteiger partial charge in [0.25, 0.3) is 0 Å². The van der Waals surface area contributed by atoms with Crippen LogP contribution in [0.1, 0.15) is 40.6 Å². The van der Waals surface area contributed by atoms with E-state index >= 15 is 0 Å². The zero-order valence-electron chi connectivity index (χ0n) is 12.5. The van der Waals surface area contributed by atoms with E-state index in [0.717, 1.165) is 42.1 Å². The van der Waals surface area contributed by atoms with Crippen LogP contribution in [0.4, 0.5) is 0 Å². The van der Waals surface area contributed by atoms with Gasteiger partial charge in [0, 0.05) is 12.0 Å². The van der Waals surface area contributed by atoms with Crippen molar-refractivity contribution in [1.29, 1.82) is 0 Å². The predicted molar refractivity (Wildman–Crippen MR) is 80.4 cm³/mol. The molecule has 0 saturated carbocycles. The van der Waals surface area contributed by atoms with E-state index in [1.807, 2.05) is 26.0 Å². The van der Waals surface area contributed by atoms with Crippen molar-refractivity contribution in [2.75, 3.05) is 6.61 Å². The highest BCUT2D eigenvalue weighted by atomic mass is 16.5. The number of nitrogens with zero attached hydrogens (tertiary/aromatic N) is 2. The molecule has 0 bridgehead atoms. The van der Waals surface area contributed by atoms with Crippen LogP contribution in [0.2, 0.25) is 0 Å². The van der Waals surface area contributed by atoms with Crippen LogP contribution in [-0.2, 0) is 12.8 Å². The summed E-state index contributed by atoms with van der Waals surface area (Å²) in [5, 5.41) is 18.5. The smallest absolute Gasteiger partial charge is 0.122 e. The molecule has 1 unspecified atom stereocenters. The number of ether oxygens (including phenoxy) is 1. The molecule has 2 aromatic rings. The molecule has 1 atom stereocenters. The van der Waals surface area contributed by atoms with Crippen molar-refractivity contribution >= 4 is 0 Å². The van der Waals surface area contributed by atoms with Crippen molar-refractivity contribution in [2.24, 2.45) is 0 Å². The lowest BCUT2D eigenvalue weighted by Crippen LogP contribution is -2.05. The summed E-state index contributed by atoms with van der Waals surface area (Å²) < 4.78 is 5.51. The second kappa shape index (κ2) is 5.82. The average Bonchev–Trinajstić information content (AvgIpc) is 2.94. The second-order valence-electron chi connectivity index (χ2n) is 5.62. The number of fused-ring (bicyclic) bond motifs is 1. The zero-order valence-corrected chi connectivity index (χ0v) is 12.5. The van der Waals surface area contributed by atoms with Crippen LogP contribution in [0.25, 0.3) is 0 Å². The van der Waals surface area contributed by atoms with E-state index in [-0.39, 0.29) is 0 Å². The molecule has 1 aliphatic heterocycles. The highest BCUT2D eigenvalue weighted by molar-refractivity contribution is 5.39. The van der Waals surface area contributed by atoms with Crippen LogP contribution in [0.5, 0.6) is 5.75 Å².